The van der Waals surface area contributed by atoms with Gasteiger partial charge in [0.15, 0.2) is 5.65 Å². The number of hydrogen-bond donors (Lipinski definition) is 4. The number of aliphatic hydroxyl groups excluding tert-OH is 1. The number of fused-ring (bicyclic) bond motifs is 1. The van der Waals surface area contributed by atoms with Gasteiger partial charge in [0, 0.05) is 49.6 Å². The standard InChI is InChI=1S/C21H29N7O/c1-14(2)17-12-26-28-20(25-10-15-4-3-6-22-9-15)8-19(27-21(17)28)24-11-16-5-7-23-13-18(16)29/h3-4,6,8-9,12,14,16,18,23,25,29H,5,7,10-11,13H2,1-2H3,(H,24,27)/t16?,18-/m0/s1. The smallest absolute Gasteiger partial charge is 0.163 e. The molecule has 2 atom stereocenters. The number of anilines is 2. The summed E-state index contributed by atoms with van der Waals surface area (Å²) in [6.45, 7) is 7.22. The molecule has 3 aromatic rings. The lowest BCUT2D eigenvalue weighted by Crippen LogP contribution is -2.43. The first-order chi connectivity index (χ1) is 14.1. The van der Waals surface area contributed by atoms with Gasteiger partial charge in [0.1, 0.15) is 11.6 Å². The normalized spacial score (nSPS) is 19.6. The summed E-state index contributed by atoms with van der Waals surface area (Å²) in [5.74, 6) is 2.21. The van der Waals surface area contributed by atoms with Crippen LogP contribution in [0.4, 0.5) is 11.6 Å². The largest absolute Gasteiger partial charge is 0.391 e. The quantitative estimate of drug-likeness (QED) is 0.487. The highest BCUT2D eigenvalue weighted by Crippen LogP contribution is 2.25. The molecule has 4 N–H and O–H groups in total. The van der Waals surface area contributed by atoms with Gasteiger partial charge in [-0.3, -0.25) is 4.98 Å². The first-order valence-corrected chi connectivity index (χ1v) is 10.3. The van der Waals surface area contributed by atoms with Gasteiger partial charge in [-0.2, -0.15) is 9.61 Å². The molecule has 1 unspecified atom stereocenters. The van der Waals surface area contributed by atoms with Gasteiger partial charge in [0.25, 0.3) is 0 Å². The average Bonchev–Trinajstić information content (AvgIpc) is 3.16. The van der Waals surface area contributed by atoms with E-state index in [-0.39, 0.29) is 12.0 Å². The summed E-state index contributed by atoms with van der Waals surface area (Å²) in [4.78, 5) is 9.00. The summed E-state index contributed by atoms with van der Waals surface area (Å²) in [7, 11) is 0. The van der Waals surface area contributed by atoms with E-state index >= 15 is 0 Å². The van der Waals surface area contributed by atoms with Crippen LogP contribution < -0.4 is 16.0 Å². The van der Waals surface area contributed by atoms with Gasteiger partial charge < -0.3 is 21.1 Å². The molecule has 3 aromatic heterocycles. The monoisotopic (exact) mass is 395 g/mol. The zero-order valence-electron chi connectivity index (χ0n) is 17.0. The van der Waals surface area contributed by atoms with Gasteiger partial charge >= 0.3 is 0 Å². The van der Waals surface area contributed by atoms with Gasteiger partial charge in [-0.15, -0.1) is 0 Å². The molecule has 8 nitrogen and oxygen atoms in total. The summed E-state index contributed by atoms with van der Waals surface area (Å²) in [6, 6.07) is 5.95. The minimum atomic E-state index is -0.329. The highest BCUT2D eigenvalue weighted by Gasteiger charge is 2.23. The van der Waals surface area contributed by atoms with Gasteiger partial charge in [-0.25, -0.2) is 4.98 Å². The van der Waals surface area contributed by atoms with Crippen LogP contribution >= 0.6 is 0 Å². The molecule has 0 bridgehead atoms. The lowest BCUT2D eigenvalue weighted by Gasteiger charge is -2.28. The van der Waals surface area contributed by atoms with Crippen LogP contribution in [0.15, 0.2) is 36.8 Å². The maximum absolute atomic E-state index is 10.2. The Hall–Kier alpha value is -2.71. The highest BCUT2D eigenvalue weighted by atomic mass is 16.3. The Balaban J connectivity index is 1.58. The molecule has 0 amide bonds. The van der Waals surface area contributed by atoms with E-state index in [0.29, 0.717) is 25.6 Å². The number of aliphatic hydroxyl groups is 1. The summed E-state index contributed by atoms with van der Waals surface area (Å²) < 4.78 is 1.86. The molecule has 1 fully saturated rings. The molecule has 29 heavy (non-hydrogen) atoms. The van der Waals surface area contributed by atoms with Gasteiger partial charge in [-0.05, 0) is 30.5 Å². The van der Waals surface area contributed by atoms with Crippen LogP contribution in [0, 0.1) is 5.92 Å². The Labute approximate surface area is 170 Å². The van der Waals surface area contributed by atoms with Crippen LogP contribution in [-0.4, -0.2) is 50.4 Å². The second kappa shape index (κ2) is 8.75. The number of aromatic nitrogens is 4. The lowest BCUT2D eigenvalue weighted by molar-refractivity contribution is 0.0883. The molecule has 0 aromatic carbocycles. The number of piperidine rings is 1. The molecule has 0 radical (unpaired) electrons. The van der Waals surface area contributed by atoms with E-state index in [2.05, 4.69) is 39.9 Å². The molecule has 1 aliphatic heterocycles. The van der Waals surface area contributed by atoms with Crippen molar-refractivity contribution < 1.29 is 5.11 Å². The molecule has 1 saturated heterocycles. The van der Waals surface area contributed by atoms with E-state index in [1.807, 2.05) is 35.1 Å². The number of nitrogens with one attached hydrogen (secondary N) is 3. The zero-order chi connectivity index (χ0) is 20.2. The summed E-state index contributed by atoms with van der Waals surface area (Å²) in [5.41, 5.74) is 3.06. The molecule has 4 heterocycles. The minimum absolute atomic E-state index is 0.218. The number of rotatable bonds is 7. The Morgan fingerprint density at radius 3 is 2.97 bits per heavy atom. The zero-order valence-corrected chi connectivity index (χ0v) is 17.0. The van der Waals surface area contributed by atoms with Crippen LogP contribution in [-0.2, 0) is 6.54 Å². The summed E-state index contributed by atoms with van der Waals surface area (Å²) in [5, 5.41) is 24.9. The molecule has 1 aliphatic rings. The van der Waals surface area contributed by atoms with Crippen molar-refractivity contribution in [2.75, 3.05) is 30.3 Å². The van der Waals surface area contributed by atoms with E-state index < -0.39 is 0 Å². The first kappa shape index (κ1) is 19.6. The van der Waals surface area contributed by atoms with Crippen molar-refractivity contribution in [3.05, 3.63) is 47.9 Å². The fraction of sp³-hybridized carbons (Fsp3) is 0.476. The predicted octanol–water partition coefficient (Wildman–Crippen LogP) is 2.24. The second-order valence-electron chi connectivity index (χ2n) is 7.93. The van der Waals surface area contributed by atoms with Crippen LogP contribution in [0.3, 0.4) is 0 Å². The van der Waals surface area contributed by atoms with Crippen LogP contribution in [0.1, 0.15) is 37.3 Å². The van der Waals surface area contributed by atoms with E-state index in [1.54, 1.807) is 6.20 Å². The summed E-state index contributed by atoms with van der Waals surface area (Å²) >= 11 is 0. The molecule has 154 valence electrons. The van der Waals surface area contributed by atoms with Gasteiger partial charge in [0.2, 0.25) is 0 Å². The lowest BCUT2D eigenvalue weighted by atomic mass is 9.95. The SMILES string of the molecule is CC(C)c1cnn2c(NCc3cccnc3)cc(NCC3CCNC[C@@H]3O)nc12. The Morgan fingerprint density at radius 2 is 2.21 bits per heavy atom. The third-order valence-electron chi connectivity index (χ3n) is 5.45. The predicted molar refractivity (Wildman–Crippen MR) is 114 cm³/mol. The Bertz CT molecular complexity index is 941. The first-order valence-electron chi connectivity index (χ1n) is 10.3. The van der Waals surface area contributed by atoms with E-state index in [0.717, 1.165) is 41.4 Å². The van der Waals surface area contributed by atoms with Crippen molar-refractivity contribution in [2.24, 2.45) is 5.92 Å². The Morgan fingerprint density at radius 1 is 1.31 bits per heavy atom. The topological polar surface area (TPSA) is 99.4 Å². The van der Waals surface area contributed by atoms with Crippen molar-refractivity contribution in [1.29, 1.82) is 0 Å². The number of hydrogen-bond acceptors (Lipinski definition) is 7. The van der Waals surface area contributed by atoms with Gasteiger partial charge in [-0.1, -0.05) is 19.9 Å². The molecule has 8 heteroatoms. The molecule has 0 spiro atoms. The fourth-order valence-electron chi connectivity index (χ4n) is 3.67. The molecule has 0 saturated carbocycles. The molecular weight excluding hydrogens is 366 g/mol. The van der Waals surface area contributed by atoms with Crippen molar-refractivity contribution in [3.8, 4) is 0 Å². The second-order valence-corrected chi connectivity index (χ2v) is 7.93. The van der Waals surface area contributed by atoms with Crippen LogP contribution in [0.5, 0.6) is 0 Å². The summed E-state index contributed by atoms with van der Waals surface area (Å²) in [6.07, 6.45) is 6.14. The van der Waals surface area contributed by atoms with Crippen molar-refractivity contribution in [3.63, 3.8) is 0 Å². The third-order valence-corrected chi connectivity index (χ3v) is 5.45. The molecule has 0 aliphatic carbocycles. The number of nitrogens with zero attached hydrogens (tertiary/aromatic N) is 4. The minimum Gasteiger partial charge on any atom is -0.391 e. The average molecular weight is 396 g/mol. The van der Waals surface area contributed by atoms with Crippen LogP contribution in [0.2, 0.25) is 0 Å². The Kier molecular flexibility index (Phi) is 5.92. The van der Waals surface area contributed by atoms with E-state index in [4.69, 9.17) is 4.98 Å². The third kappa shape index (κ3) is 4.49. The molecule has 4 rings (SSSR count). The van der Waals surface area contributed by atoms with Crippen molar-refractivity contribution in [1.82, 2.24) is 24.9 Å². The van der Waals surface area contributed by atoms with Crippen molar-refractivity contribution >= 4 is 17.3 Å². The van der Waals surface area contributed by atoms with Gasteiger partial charge in [0.05, 0.1) is 12.3 Å². The van der Waals surface area contributed by atoms with Crippen LogP contribution in [0.25, 0.3) is 5.65 Å². The molecular formula is C21H29N7O. The highest BCUT2D eigenvalue weighted by molar-refractivity contribution is 5.61. The number of β-amino-alcohol motifs (C(OH)–C–C–N with tert-alkyl or cyclic N) is 1. The maximum Gasteiger partial charge on any atom is 0.163 e. The number of pyridine rings is 1. The fourth-order valence-corrected chi connectivity index (χ4v) is 3.67. The van der Waals surface area contributed by atoms with E-state index in [9.17, 15) is 5.11 Å². The van der Waals surface area contributed by atoms with Crippen molar-refractivity contribution in [2.45, 2.75) is 38.8 Å². The maximum atomic E-state index is 10.2. The van der Waals surface area contributed by atoms with E-state index in [1.165, 1.54) is 0 Å².